The molecule has 0 aliphatic heterocycles. The van der Waals surface area contributed by atoms with Crippen LogP contribution in [0, 0.1) is 5.82 Å². The van der Waals surface area contributed by atoms with E-state index < -0.39 is 0 Å². The fourth-order valence-corrected chi connectivity index (χ4v) is 2.97. The van der Waals surface area contributed by atoms with E-state index in [1.165, 1.54) is 11.6 Å². The van der Waals surface area contributed by atoms with Gasteiger partial charge in [-0.2, -0.15) is 0 Å². The Bertz CT molecular complexity index is 540. The summed E-state index contributed by atoms with van der Waals surface area (Å²) in [6.07, 6.45) is 3.77. The predicted molar refractivity (Wildman–Crippen MR) is 88.3 cm³/mol. The minimum absolute atomic E-state index is 0.155. The van der Waals surface area contributed by atoms with E-state index >= 15 is 0 Å². The van der Waals surface area contributed by atoms with Gasteiger partial charge in [-0.05, 0) is 55.0 Å². The largest absolute Gasteiger partial charge is 0.271 e. The van der Waals surface area contributed by atoms with Crippen LogP contribution in [0.1, 0.15) is 24.0 Å². The highest BCUT2D eigenvalue weighted by atomic mass is 79.9. The maximum Gasteiger partial charge on any atom is 0.124 e. The van der Waals surface area contributed by atoms with Gasteiger partial charge in [0, 0.05) is 10.5 Å². The van der Waals surface area contributed by atoms with Gasteiger partial charge in [-0.15, -0.1) is 0 Å². The van der Waals surface area contributed by atoms with Crippen molar-refractivity contribution in [2.24, 2.45) is 5.84 Å². The van der Waals surface area contributed by atoms with Crippen LogP contribution in [0.4, 0.5) is 4.39 Å². The monoisotopic (exact) mass is 350 g/mol. The zero-order chi connectivity index (χ0) is 15.1. The molecule has 2 aromatic carbocycles. The first kappa shape index (κ1) is 16.1. The van der Waals surface area contributed by atoms with Crippen LogP contribution >= 0.6 is 15.9 Å². The number of nitrogens with one attached hydrogen (secondary N) is 1. The molecule has 21 heavy (non-hydrogen) atoms. The van der Waals surface area contributed by atoms with Gasteiger partial charge in [0.1, 0.15) is 5.82 Å². The summed E-state index contributed by atoms with van der Waals surface area (Å²) in [6.45, 7) is 0. The third kappa shape index (κ3) is 5.58. The Morgan fingerprint density at radius 2 is 1.86 bits per heavy atom. The topological polar surface area (TPSA) is 38.0 Å². The Balaban J connectivity index is 1.85. The van der Waals surface area contributed by atoms with Crippen LogP contribution in [0.5, 0.6) is 0 Å². The van der Waals surface area contributed by atoms with Crippen LogP contribution in [-0.4, -0.2) is 6.04 Å². The summed E-state index contributed by atoms with van der Waals surface area (Å²) in [5, 5.41) is 0. The Labute approximate surface area is 133 Å². The molecule has 0 spiro atoms. The standard InChI is InChI=1S/C17H20BrFN2/c18-15-9-14(10-16(19)12-15)11-17(21-20)8-4-7-13-5-2-1-3-6-13/h1-3,5-6,9-10,12,17,21H,4,7-8,11,20H2. The maximum absolute atomic E-state index is 13.4. The van der Waals surface area contributed by atoms with Crippen molar-refractivity contribution in [1.82, 2.24) is 5.43 Å². The van der Waals surface area contributed by atoms with Gasteiger partial charge in [-0.1, -0.05) is 46.3 Å². The highest BCUT2D eigenvalue weighted by Crippen LogP contribution is 2.17. The Hall–Kier alpha value is -1.23. The van der Waals surface area contributed by atoms with Crippen molar-refractivity contribution in [2.75, 3.05) is 0 Å². The van der Waals surface area contributed by atoms with Gasteiger partial charge in [0.05, 0.1) is 0 Å². The molecule has 0 amide bonds. The van der Waals surface area contributed by atoms with E-state index in [2.05, 4.69) is 45.6 Å². The van der Waals surface area contributed by atoms with Crippen LogP contribution in [0.15, 0.2) is 53.0 Å². The van der Waals surface area contributed by atoms with Crippen LogP contribution in [-0.2, 0) is 12.8 Å². The molecule has 0 heterocycles. The van der Waals surface area contributed by atoms with Gasteiger partial charge >= 0.3 is 0 Å². The molecule has 3 N–H and O–H groups in total. The van der Waals surface area contributed by atoms with E-state index in [0.29, 0.717) is 0 Å². The SMILES string of the molecule is NNC(CCCc1ccccc1)Cc1cc(F)cc(Br)c1. The van der Waals surface area contributed by atoms with Crippen molar-refractivity contribution in [3.05, 3.63) is 69.9 Å². The number of nitrogens with two attached hydrogens (primary N) is 1. The quantitative estimate of drug-likeness (QED) is 0.585. The molecule has 2 nitrogen and oxygen atoms in total. The maximum atomic E-state index is 13.4. The molecule has 2 rings (SSSR count). The third-order valence-electron chi connectivity index (χ3n) is 3.50. The summed E-state index contributed by atoms with van der Waals surface area (Å²) < 4.78 is 14.1. The molecule has 0 bridgehead atoms. The lowest BCUT2D eigenvalue weighted by Gasteiger charge is -2.16. The fraction of sp³-hybridized carbons (Fsp3) is 0.294. The van der Waals surface area contributed by atoms with E-state index in [-0.39, 0.29) is 11.9 Å². The molecule has 0 saturated heterocycles. The van der Waals surface area contributed by atoms with Crippen molar-refractivity contribution >= 4 is 15.9 Å². The van der Waals surface area contributed by atoms with E-state index in [4.69, 9.17) is 5.84 Å². The van der Waals surface area contributed by atoms with Crippen LogP contribution in [0.25, 0.3) is 0 Å². The average molecular weight is 351 g/mol. The van der Waals surface area contributed by atoms with E-state index in [0.717, 1.165) is 35.7 Å². The van der Waals surface area contributed by atoms with Crippen molar-refractivity contribution in [2.45, 2.75) is 31.7 Å². The molecule has 0 aliphatic carbocycles. The molecule has 0 aromatic heterocycles. The van der Waals surface area contributed by atoms with Gasteiger partial charge in [-0.25, -0.2) is 4.39 Å². The van der Waals surface area contributed by atoms with Gasteiger partial charge in [0.2, 0.25) is 0 Å². The Morgan fingerprint density at radius 3 is 2.52 bits per heavy atom. The lowest BCUT2D eigenvalue weighted by molar-refractivity contribution is 0.475. The van der Waals surface area contributed by atoms with Gasteiger partial charge < -0.3 is 0 Å². The number of halogens is 2. The predicted octanol–water partition coefficient (Wildman–Crippen LogP) is 3.99. The lowest BCUT2D eigenvalue weighted by atomic mass is 9.99. The summed E-state index contributed by atoms with van der Waals surface area (Å²) in [6, 6.07) is 15.5. The van der Waals surface area contributed by atoms with Crippen LogP contribution in [0.3, 0.4) is 0 Å². The minimum atomic E-state index is -0.223. The van der Waals surface area contributed by atoms with Crippen LogP contribution < -0.4 is 11.3 Å². The molecule has 2 aromatic rings. The van der Waals surface area contributed by atoms with Crippen LogP contribution in [0.2, 0.25) is 0 Å². The molecule has 0 saturated carbocycles. The second-order valence-corrected chi connectivity index (χ2v) is 6.14. The first-order valence-electron chi connectivity index (χ1n) is 7.12. The first-order valence-corrected chi connectivity index (χ1v) is 7.91. The molecular formula is C17H20BrFN2. The van der Waals surface area contributed by atoms with E-state index in [9.17, 15) is 4.39 Å². The number of hydrazine groups is 1. The molecule has 4 heteroatoms. The molecule has 112 valence electrons. The van der Waals surface area contributed by atoms with E-state index in [1.807, 2.05) is 12.1 Å². The lowest BCUT2D eigenvalue weighted by Crippen LogP contribution is -2.36. The summed E-state index contributed by atoms with van der Waals surface area (Å²) in [4.78, 5) is 0. The highest BCUT2D eigenvalue weighted by molar-refractivity contribution is 9.10. The normalized spacial score (nSPS) is 12.3. The molecule has 1 unspecified atom stereocenters. The number of hydrogen-bond acceptors (Lipinski definition) is 2. The summed E-state index contributed by atoms with van der Waals surface area (Å²) in [5.41, 5.74) is 5.12. The average Bonchev–Trinajstić information content (AvgIpc) is 2.46. The molecule has 0 aliphatic rings. The summed E-state index contributed by atoms with van der Waals surface area (Å²) in [7, 11) is 0. The van der Waals surface area contributed by atoms with Gasteiger partial charge in [-0.3, -0.25) is 11.3 Å². The fourth-order valence-electron chi connectivity index (χ4n) is 2.45. The number of benzene rings is 2. The number of hydrogen-bond donors (Lipinski definition) is 2. The van der Waals surface area contributed by atoms with Crippen molar-refractivity contribution in [3.63, 3.8) is 0 Å². The highest BCUT2D eigenvalue weighted by Gasteiger charge is 2.09. The van der Waals surface area contributed by atoms with Crippen molar-refractivity contribution in [3.8, 4) is 0 Å². The number of rotatable bonds is 7. The molecule has 0 fully saturated rings. The molecule has 0 radical (unpaired) electrons. The first-order chi connectivity index (χ1) is 10.2. The second kappa shape index (κ2) is 8.27. The zero-order valence-electron chi connectivity index (χ0n) is 11.9. The van der Waals surface area contributed by atoms with Gasteiger partial charge in [0.15, 0.2) is 0 Å². The van der Waals surface area contributed by atoms with E-state index in [1.54, 1.807) is 6.07 Å². The van der Waals surface area contributed by atoms with Gasteiger partial charge in [0.25, 0.3) is 0 Å². The molecule has 1 atom stereocenters. The smallest absolute Gasteiger partial charge is 0.124 e. The Morgan fingerprint density at radius 1 is 1.10 bits per heavy atom. The third-order valence-corrected chi connectivity index (χ3v) is 3.96. The summed E-state index contributed by atoms with van der Waals surface area (Å²) in [5.74, 6) is 5.40. The summed E-state index contributed by atoms with van der Waals surface area (Å²) >= 11 is 3.32. The van der Waals surface area contributed by atoms with Crippen molar-refractivity contribution in [1.29, 1.82) is 0 Å². The minimum Gasteiger partial charge on any atom is -0.271 e. The van der Waals surface area contributed by atoms with Crippen molar-refractivity contribution < 1.29 is 4.39 Å². The zero-order valence-corrected chi connectivity index (χ0v) is 13.4. The Kier molecular flexibility index (Phi) is 6.36. The molecular weight excluding hydrogens is 331 g/mol. The number of aryl methyl sites for hydroxylation is 1. The second-order valence-electron chi connectivity index (χ2n) is 5.22.